The number of nitrogens with zero attached hydrogens (tertiary/aromatic N) is 1. The Morgan fingerprint density at radius 3 is 2.44 bits per heavy atom. The van der Waals surface area contributed by atoms with Crippen molar-refractivity contribution in [3.05, 3.63) is 60.2 Å². The molecule has 0 radical (unpaired) electrons. The van der Waals surface area contributed by atoms with Gasteiger partial charge in [0.1, 0.15) is 24.7 Å². The van der Waals surface area contributed by atoms with Crippen molar-refractivity contribution in [2.24, 2.45) is 0 Å². The monoisotopic (exact) mass is 367 g/mol. The van der Waals surface area contributed by atoms with Crippen LogP contribution in [0.4, 0.5) is 5.69 Å². The van der Waals surface area contributed by atoms with Crippen molar-refractivity contribution in [3.8, 4) is 17.6 Å². The van der Waals surface area contributed by atoms with E-state index in [0.717, 1.165) is 5.56 Å². The van der Waals surface area contributed by atoms with Crippen LogP contribution in [0, 0.1) is 11.8 Å². The van der Waals surface area contributed by atoms with Crippen LogP contribution in [0.25, 0.3) is 0 Å². The lowest BCUT2D eigenvalue weighted by Gasteiger charge is -2.47. The van der Waals surface area contributed by atoms with Crippen LogP contribution in [0.15, 0.2) is 54.6 Å². The highest BCUT2D eigenvalue weighted by molar-refractivity contribution is 6.05. The van der Waals surface area contributed by atoms with Gasteiger partial charge in [-0.2, -0.15) is 0 Å². The molecular formula is C21H21NO5. The summed E-state index contributed by atoms with van der Waals surface area (Å²) in [5.41, 5.74) is 1.43. The zero-order valence-corrected chi connectivity index (χ0v) is 15.2. The molecule has 6 nitrogen and oxygen atoms in total. The molecule has 3 atom stereocenters. The Labute approximate surface area is 158 Å². The van der Waals surface area contributed by atoms with Crippen LogP contribution in [0.1, 0.15) is 5.56 Å². The Balaban J connectivity index is 1.83. The number of aliphatic hydroxyl groups excluding tert-OH is 1. The highest BCUT2D eigenvalue weighted by atomic mass is 16.7. The average Bonchev–Trinajstić information content (AvgIpc) is 2.71. The Hall–Kier alpha value is -2.85. The number of amides is 1. The second-order valence-electron chi connectivity index (χ2n) is 5.97. The van der Waals surface area contributed by atoms with Crippen molar-refractivity contribution in [3.63, 3.8) is 0 Å². The van der Waals surface area contributed by atoms with E-state index < -0.39 is 18.2 Å². The molecule has 0 aromatic heterocycles. The molecule has 140 valence electrons. The summed E-state index contributed by atoms with van der Waals surface area (Å²) in [6, 6.07) is 15.7. The van der Waals surface area contributed by atoms with Gasteiger partial charge < -0.3 is 24.2 Å². The van der Waals surface area contributed by atoms with Crippen LogP contribution in [0.2, 0.25) is 0 Å². The number of hydrogen-bond acceptors (Lipinski definition) is 5. The van der Waals surface area contributed by atoms with E-state index in [0.29, 0.717) is 11.4 Å². The first-order valence-electron chi connectivity index (χ1n) is 8.48. The van der Waals surface area contributed by atoms with Crippen molar-refractivity contribution in [1.29, 1.82) is 0 Å². The molecule has 1 amide bonds. The summed E-state index contributed by atoms with van der Waals surface area (Å²) in [6.45, 7) is -0.0395. The van der Waals surface area contributed by atoms with Crippen molar-refractivity contribution >= 4 is 11.6 Å². The van der Waals surface area contributed by atoms with E-state index in [1.165, 1.54) is 12.0 Å². The minimum Gasteiger partial charge on any atom is -0.497 e. The van der Waals surface area contributed by atoms with Gasteiger partial charge in [0.2, 0.25) is 0 Å². The van der Waals surface area contributed by atoms with Gasteiger partial charge in [0.15, 0.2) is 6.10 Å². The summed E-state index contributed by atoms with van der Waals surface area (Å²) in [5, 5.41) is 10.6. The number of aliphatic hydroxyl groups is 1. The Morgan fingerprint density at radius 1 is 1.11 bits per heavy atom. The maximum atomic E-state index is 12.6. The van der Waals surface area contributed by atoms with Gasteiger partial charge in [-0.05, 0) is 36.4 Å². The molecular weight excluding hydrogens is 346 g/mol. The quantitative estimate of drug-likeness (QED) is 0.479. The first-order chi connectivity index (χ1) is 13.2. The maximum Gasteiger partial charge on any atom is 0.259 e. The van der Waals surface area contributed by atoms with E-state index >= 15 is 0 Å². The van der Waals surface area contributed by atoms with Gasteiger partial charge in [0.25, 0.3) is 5.91 Å². The van der Waals surface area contributed by atoms with Crippen molar-refractivity contribution in [2.75, 3.05) is 25.9 Å². The van der Waals surface area contributed by atoms with Gasteiger partial charge in [-0.1, -0.05) is 30.0 Å². The summed E-state index contributed by atoms with van der Waals surface area (Å²) in [4.78, 5) is 14.1. The Bertz CT molecular complexity index is 825. The molecule has 1 saturated heterocycles. The largest absolute Gasteiger partial charge is 0.497 e. The predicted molar refractivity (Wildman–Crippen MR) is 100 cm³/mol. The van der Waals surface area contributed by atoms with Gasteiger partial charge in [0.05, 0.1) is 7.11 Å². The molecule has 6 heteroatoms. The van der Waals surface area contributed by atoms with Gasteiger partial charge in [-0.3, -0.25) is 4.79 Å². The second-order valence-corrected chi connectivity index (χ2v) is 5.97. The van der Waals surface area contributed by atoms with Crippen molar-refractivity contribution in [1.82, 2.24) is 0 Å². The first kappa shape index (κ1) is 18.9. The van der Waals surface area contributed by atoms with Crippen molar-refractivity contribution < 1.29 is 24.1 Å². The zero-order chi connectivity index (χ0) is 19.2. The summed E-state index contributed by atoms with van der Waals surface area (Å²) >= 11 is 0. The Morgan fingerprint density at radius 2 is 1.81 bits per heavy atom. The van der Waals surface area contributed by atoms with Crippen LogP contribution in [0.3, 0.4) is 0 Å². The zero-order valence-electron chi connectivity index (χ0n) is 15.2. The number of anilines is 1. The number of β-lactam (4-membered cyclic amide) rings is 1. The van der Waals surface area contributed by atoms with E-state index in [2.05, 4.69) is 11.8 Å². The molecule has 0 aliphatic carbocycles. The second kappa shape index (κ2) is 8.69. The summed E-state index contributed by atoms with van der Waals surface area (Å²) < 4.78 is 15.5. The van der Waals surface area contributed by atoms with E-state index in [1.807, 2.05) is 30.3 Å². The van der Waals surface area contributed by atoms with Crippen LogP contribution >= 0.6 is 0 Å². The van der Waals surface area contributed by atoms with E-state index in [4.69, 9.17) is 14.2 Å². The third-order valence-corrected chi connectivity index (χ3v) is 4.27. The number of hydrogen-bond donors (Lipinski definition) is 1. The fourth-order valence-electron chi connectivity index (χ4n) is 2.91. The minimum absolute atomic E-state index is 0.0395. The molecule has 1 fully saturated rings. The highest BCUT2D eigenvalue weighted by Gasteiger charge is 2.52. The third-order valence-electron chi connectivity index (χ3n) is 4.27. The minimum atomic E-state index is -1.08. The van der Waals surface area contributed by atoms with Crippen LogP contribution < -0.4 is 9.64 Å². The molecule has 27 heavy (non-hydrogen) atoms. The van der Waals surface area contributed by atoms with E-state index in [-0.39, 0.29) is 12.7 Å². The van der Waals surface area contributed by atoms with Crippen molar-refractivity contribution in [2.45, 2.75) is 18.2 Å². The lowest BCUT2D eigenvalue weighted by atomic mass is 9.91. The predicted octanol–water partition coefficient (Wildman–Crippen LogP) is 1.81. The molecule has 0 bridgehead atoms. The Kier molecular flexibility index (Phi) is 6.09. The smallest absolute Gasteiger partial charge is 0.259 e. The molecule has 3 rings (SSSR count). The van der Waals surface area contributed by atoms with E-state index in [1.54, 1.807) is 31.4 Å². The number of methoxy groups -OCH3 is 2. The van der Waals surface area contributed by atoms with Crippen LogP contribution in [-0.2, 0) is 14.3 Å². The topological polar surface area (TPSA) is 68.2 Å². The maximum absolute atomic E-state index is 12.6. The normalized spacial score (nSPS) is 19.7. The summed E-state index contributed by atoms with van der Waals surface area (Å²) in [5.74, 6) is 6.18. The molecule has 1 aliphatic heterocycles. The fraction of sp³-hybridized carbons (Fsp3) is 0.286. The molecule has 0 spiro atoms. The fourth-order valence-corrected chi connectivity index (χ4v) is 2.91. The first-order valence-corrected chi connectivity index (χ1v) is 8.48. The molecule has 0 unspecified atom stereocenters. The highest BCUT2D eigenvalue weighted by Crippen LogP contribution is 2.33. The number of ether oxygens (including phenoxy) is 3. The van der Waals surface area contributed by atoms with Crippen LogP contribution in [-0.4, -0.2) is 50.3 Å². The van der Waals surface area contributed by atoms with Gasteiger partial charge in [-0.25, -0.2) is 0 Å². The molecule has 2 aromatic carbocycles. The number of rotatable bonds is 6. The van der Waals surface area contributed by atoms with Gasteiger partial charge in [0, 0.05) is 18.4 Å². The molecule has 0 saturated carbocycles. The lowest BCUT2D eigenvalue weighted by molar-refractivity contribution is -0.158. The summed E-state index contributed by atoms with van der Waals surface area (Å²) in [7, 11) is 3.05. The number of benzene rings is 2. The van der Waals surface area contributed by atoms with Gasteiger partial charge >= 0.3 is 0 Å². The average molecular weight is 367 g/mol. The van der Waals surface area contributed by atoms with Gasteiger partial charge in [-0.15, -0.1) is 0 Å². The number of carbonyl (C=O) groups excluding carboxylic acids is 1. The van der Waals surface area contributed by atoms with Crippen LogP contribution in [0.5, 0.6) is 5.75 Å². The summed E-state index contributed by atoms with van der Waals surface area (Å²) in [6.07, 6.45) is -1.89. The molecule has 1 heterocycles. The number of carbonyl (C=O) groups is 1. The van der Waals surface area contributed by atoms with E-state index in [9.17, 15) is 9.90 Å². The molecule has 1 N–H and O–H groups in total. The SMILES string of the molecule is COCO[C@H]1C(=O)N(c2ccc(OC)cc2)[C@H]1[C@H](O)C#Cc1ccccc1. The molecule has 1 aliphatic rings. The third kappa shape index (κ3) is 4.12. The molecule has 2 aromatic rings. The standard InChI is InChI=1S/C21H21NO5/c1-25-14-27-20-19(18(23)13-8-15-6-4-3-5-7-15)22(21(20)24)16-9-11-17(26-2)12-10-16/h3-7,9-12,18-20,23H,14H2,1-2H3/t18-,19+,20-/m1/s1. The lowest BCUT2D eigenvalue weighted by Crippen LogP contribution is -2.70.